The van der Waals surface area contributed by atoms with Gasteiger partial charge in [0.05, 0.1) is 24.0 Å². The third kappa shape index (κ3) is 4.56. The maximum absolute atomic E-state index is 10.4. The van der Waals surface area contributed by atoms with Crippen molar-refractivity contribution in [2.75, 3.05) is 6.54 Å². The lowest BCUT2D eigenvalue weighted by molar-refractivity contribution is -0.115. The number of rotatable bonds is 7. The van der Waals surface area contributed by atoms with Crippen LogP contribution < -0.4 is 5.32 Å². The average Bonchev–Trinajstić information content (AvgIpc) is 3.44. The molecule has 3 unspecified atom stereocenters. The Kier molecular flexibility index (Phi) is 5.84. The maximum atomic E-state index is 10.4. The van der Waals surface area contributed by atoms with Gasteiger partial charge in [0, 0.05) is 48.2 Å². The van der Waals surface area contributed by atoms with Crippen LogP contribution in [0.2, 0.25) is 0 Å². The zero-order valence-electron chi connectivity index (χ0n) is 17.3. The zero-order chi connectivity index (χ0) is 21.0. The van der Waals surface area contributed by atoms with Crippen molar-refractivity contribution in [3.63, 3.8) is 0 Å². The van der Waals surface area contributed by atoms with Crippen molar-refractivity contribution in [3.8, 4) is 11.3 Å². The topological polar surface area (TPSA) is 83.3 Å². The first-order chi connectivity index (χ1) is 15.3. The zero-order valence-corrected chi connectivity index (χ0v) is 17.3. The largest absolute Gasteiger partial charge is 0.390 e. The highest BCUT2D eigenvalue weighted by molar-refractivity contribution is 5.82. The molecule has 0 aliphatic carbocycles. The number of hydrogen-bond donors (Lipinski definition) is 3. The molecule has 2 aromatic carbocycles. The van der Waals surface area contributed by atoms with E-state index in [1.807, 2.05) is 54.7 Å². The Labute approximate surface area is 181 Å². The molecular weight excluding hydrogens is 390 g/mol. The summed E-state index contributed by atoms with van der Waals surface area (Å²) in [5.41, 5.74) is 4.25. The number of ether oxygens (including phenoxy) is 1. The molecule has 1 aliphatic rings. The fourth-order valence-corrected chi connectivity index (χ4v) is 4.29. The second kappa shape index (κ2) is 9.06. The van der Waals surface area contributed by atoms with Gasteiger partial charge >= 0.3 is 0 Å². The summed E-state index contributed by atoms with van der Waals surface area (Å²) >= 11 is 0. The molecule has 0 amide bonds. The van der Waals surface area contributed by atoms with E-state index in [4.69, 9.17) is 9.26 Å². The predicted octanol–water partition coefficient (Wildman–Crippen LogP) is 4.06. The number of para-hydroxylation sites is 1. The van der Waals surface area contributed by atoms with Crippen LogP contribution in [0.3, 0.4) is 0 Å². The molecule has 1 saturated heterocycles. The molecule has 160 valence electrons. The Hall–Kier alpha value is -2.93. The number of fused-ring (bicyclic) bond motifs is 1. The van der Waals surface area contributed by atoms with Crippen LogP contribution >= 0.6 is 0 Å². The number of aliphatic hydroxyl groups excluding tert-OH is 1. The highest BCUT2D eigenvalue weighted by Gasteiger charge is 2.30. The van der Waals surface area contributed by atoms with Crippen LogP contribution in [0.5, 0.6) is 0 Å². The van der Waals surface area contributed by atoms with Crippen LogP contribution in [0.15, 0.2) is 71.4 Å². The van der Waals surface area contributed by atoms with Gasteiger partial charge in [-0.2, -0.15) is 0 Å². The lowest BCUT2D eigenvalue weighted by atomic mass is 9.98. The van der Waals surface area contributed by atoms with Gasteiger partial charge in [0.2, 0.25) is 0 Å². The second-order valence-electron chi connectivity index (χ2n) is 8.18. The fraction of sp³-hybridized carbons (Fsp3) is 0.320. The van der Waals surface area contributed by atoms with Crippen molar-refractivity contribution >= 4 is 10.9 Å². The lowest BCUT2D eigenvalue weighted by Crippen LogP contribution is -2.45. The first-order valence-corrected chi connectivity index (χ1v) is 10.9. The highest BCUT2D eigenvalue weighted by Crippen LogP contribution is 2.25. The van der Waals surface area contributed by atoms with Gasteiger partial charge in [-0.3, -0.25) is 0 Å². The Balaban J connectivity index is 1.16. The maximum Gasteiger partial charge on any atom is 0.167 e. The third-order valence-corrected chi connectivity index (χ3v) is 5.97. The molecule has 0 bridgehead atoms. The predicted molar refractivity (Wildman–Crippen MR) is 120 cm³/mol. The molecule has 3 atom stereocenters. The molecular formula is C25H27N3O3. The van der Waals surface area contributed by atoms with E-state index < -0.39 is 6.10 Å². The van der Waals surface area contributed by atoms with Gasteiger partial charge in [0.15, 0.2) is 5.76 Å². The molecule has 31 heavy (non-hydrogen) atoms. The number of nitrogens with zero attached hydrogens (tertiary/aromatic N) is 1. The van der Waals surface area contributed by atoms with Crippen LogP contribution in [0.4, 0.5) is 0 Å². The van der Waals surface area contributed by atoms with Gasteiger partial charge in [-0.15, -0.1) is 0 Å². The van der Waals surface area contributed by atoms with E-state index in [1.165, 1.54) is 10.9 Å². The molecule has 5 rings (SSSR count). The first-order valence-electron chi connectivity index (χ1n) is 10.9. The van der Waals surface area contributed by atoms with E-state index in [0.717, 1.165) is 41.9 Å². The lowest BCUT2D eigenvalue weighted by Gasteiger charge is -2.34. The van der Waals surface area contributed by atoms with Crippen LogP contribution in [0, 0.1) is 0 Å². The number of aliphatic hydroxyl groups is 1. The number of aromatic nitrogens is 2. The summed E-state index contributed by atoms with van der Waals surface area (Å²) in [4.78, 5) is 3.30. The van der Waals surface area contributed by atoms with Gasteiger partial charge in [-0.1, -0.05) is 53.7 Å². The van der Waals surface area contributed by atoms with Crippen LogP contribution in [-0.4, -0.2) is 40.1 Å². The molecule has 2 aromatic heterocycles. The van der Waals surface area contributed by atoms with E-state index in [9.17, 15) is 5.11 Å². The standard InChI is InChI=1S/C25H27N3O3/c29-23-11-10-20(12-19-13-24(31-28-19)17-6-2-1-3-7-17)30-25(23)16-26-14-18-15-27-22-9-5-4-8-21(18)22/h1-9,13,15,20,23,25-27,29H,10-12,14,16H2. The number of nitrogens with one attached hydrogen (secondary N) is 2. The van der Waals surface area contributed by atoms with E-state index in [1.54, 1.807) is 0 Å². The Morgan fingerprint density at radius 3 is 2.81 bits per heavy atom. The quantitative estimate of drug-likeness (QED) is 0.422. The summed E-state index contributed by atoms with van der Waals surface area (Å²) in [6, 6.07) is 20.2. The molecule has 3 N–H and O–H groups in total. The fourth-order valence-electron chi connectivity index (χ4n) is 4.29. The molecule has 3 heterocycles. The van der Waals surface area contributed by atoms with E-state index in [2.05, 4.69) is 27.6 Å². The van der Waals surface area contributed by atoms with Gasteiger partial charge < -0.3 is 24.7 Å². The third-order valence-electron chi connectivity index (χ3n) is 5.97. The Bertz CT molecular complexity index is 1120. The summed E-state index contributed by atoms with van der Waals surface area (Å²) in [5, 5.41) is 19.3. The summed E-state index contributed by atoms with van der Waals surface area (Å²) in [7, 11) is 0. The number of H-pyrrole nitrogens is 1. The van der Waals surface area contributed by atoms with E-state index in [0.29, 0.717) is 13.0 Å². The number of aromatic amines is 1. The monoisotopic (exact) mass is 417 g/mol. The summed E-state index contributed by atoms with van der Waals surface area (Å²) in [6.07, 6.45) is 3.60. The Morgan fingerprint density at radius 2 is 1.90 bits per heavy atom. The van der Waals surface area contributed by atoms with Crippen molar-refractivity contribution in [3.05, 3.63) is 78.1 Å². The van der Waals surface area contributed by atoms with Crippen LogP contribution in [-0.2, 0) is 17.7 Å². The van der Waals surface area contributed by atoms with Crippen molar-refractivity contribution in [1.82, 2.24) is 15.5 Å². The minimum Gasteiger partial charge on any atom is -0.390 e. The summed E-state index contributed by atoms with van der Waals surface area (Å²) in [6.45, 7) is 1.33. The molecule has 6 nitrogen and oxygen atoms in total. The number of benzene rings is 2. The Morgan fingerprint density at radius 1 is 1.06 bits per heavy atom. The molecule has 6 heteroatoms. The highest BCUT2D eigenvalue weighted by atomic mass is 16.5. The average molecular weight is 418 g/mol. The van der Waals surface area contributed by atoms with E-state index >= 15 is 0 Å². The summed E-state index contributed by atoms with van der Waals surface area (Å²) in [5.74, 6) is 0.767. The smallest absolute Gasteiger partial charge is 0.167 e. The van der Waals surface area contributed by atoms with Gasteiger partial charge in [-0.25, -0.2) is 0 Å². The molecule has 0 spiro atoms. The van der Waals surface area contributed by atoms with Crippen molar-refractivity contribution in [2.24, 2.45) is 0 Å². The second-order valence-corrected chi connectivity index (χ2v) is 8.18. The van der Waals surface area contributed by atoms with Crippen molar-refractivity contribution < 1.29 is 14.4 Å². The normalized spacial score (nSPS) is 21.5. The van der Waals surface area contributed by atoms with Gasteiger partial charge in [0.1, 0.15) is 0 Å². The van der Waals surface area contributed by atoms with Gasteiger partial charge in [0.25, 0.3) is 0 Å². The molecule has 1 fully saturated rings. The minimum absolute atomic E-state index is 0.0250. The number of hydrogen-bond acceptors (Lipinski definition) is 5. The van der Waals surface area contributed by atoms with Crippen molar-refractivity contribution in [1.29, 1.82) is 0 Å². The molecule has 0 saturated carbocycles. The van der Waals surface area contributed by atoms with Crippen LogP contribution in [0.25, 0.3) is 22.2 Å². The molecule has 4 aromatic rings. The molecule has 0 radical (unpaired) electrons. The summed E-state index contributed by atoms with van der Waals surface area (Å²) < 4.78 is 11.7. The van der Waals surface area contributed by atoms with Crippen molar-refractivity contribution in [2.45, 2.75) is 44.1 Å². The van der Waals surface area contributed by atoms with Crippen LogP contribution in [0.1, 0.15) is 24.1 Å². The van der Waals surface area contributed by atoms with E-state index in [-0.39, 0.29) is 12.2 Å². The SMILES string of the molecule is OC1CCC(Cc2cc(-c3ccccc3)on2)OC1CNCc1c[nH]c2ccccc12. The first kappa shape index (κ1) is 20.0. The molecule has 1 aliphatic heterocycles. The minimum atomic E-state index is -0.455. The van der Waals surface area contributed by atoms with Gasteiger partial charge in [-0.05, 0) is 24.5 Å².